The summed E-state index contributed by atoms with van der Waals surface area (Å²) in [5, 5.41) is 19.3. The molecule has 20 heavy (non-hydrogen) atoms. The van der Waals surface area contributed by atoms with E-state index in [2.05, 4.69) is 0 Å². The van der Waals surface area contributed by atoms with Crippen molar-refractivity contribution in [3.63, 3.8) is 0 Å². The van der Waals surface area contributed by atoms with Gasteiger partial charge in [0, 0.05) is 17.7 Å². The van der Waals surface area contributed by atoms with Crippen LogP contribution in [-0.4, -0.2) is 33.7 Å². The van der Waals surface area contributed by atoms with Crippen molar-refractivity contribution in [2.45, 2.75) is 44.7 Å². The van der Waals surface area contributed by atoms with E-state index in [-0.39, 0.29) is 11.8 Å². The Morgan fingerprint density at radius 2 is 2.15 bits per heavy atom. The van der Waals surface area contributed by atoms with Crippen LogP contribution < -0.4 is 0 Å². The standard InChI is InChI=1S/C15H20FNO3/c1-10(12-7-6-11(16)9-14(12)18)17-8-4-2-3-5-13(17)15(19)20/h6-7,9-10,13,18H,2-5,8H2,1H3,(H,19,20). The first-order chi connectivity index (χ1) is 9.50. The molecule has 0 amide bonds. The minimum absolute atomic E-state index is 0.120. The molecule has 2 atom stereocenters. The summed E-state index contributed by atoms with van der Waals surface area (Å²) in [6.07, 6.45) is 3.47. The molecule has 1 aromatic carbocycles. The molecule has 5 heteroatoms. The highest BCUT2D eigenvalue weighted by molar-refractivity contribution is 5.73. The topological polar surface area (TPSA) is 60.8 Å². The van der Waals surface area contributed by atoms with Gasteiger partial charge in [-0.05, 0) is 32.4 Å². The maximum absolute atomic E-state index is 13.1. The number of hydrogen-bond donors (Lipinski definition) is 2. The van der Waals surface area contributed by atoms with Crippen molar-refractivity contribution in [2.75, 3.05) is 6.54 Å². The Morgan fingerprint density at radius 1 is 1.40 bits per heavy atom. The number of rotatable bonds is 3. The second-order valence-electron chi connectivity index (χ2n) is 5.32. The Labute approximate surface area is 117 Å². The highest BCUT2D eigenvalue weighted by Crippen LogP contribution is 2.32. The SMILES string of the molecule is CC(c1ccc(F)cc1O)N1CCCCCC1C(=O)O. The van der Waals surface area contributed by atoms with Crippen LogP contribution >= 0.6 is 0 Å². The molecule has 0 spiro atoms. The lowest BCUT2D eigenvalue weighted by Gasteiger charge is -2.33. The summed E-state index contributed by atoms with van der Waals surface area (Å²) in [5.74, 6) is -1.45. The second kappa shape index (κ2) is 6.22. The molecule has 0 aliphatic carbocycles. The minimum atomic E-state index is -0.833. The Hall–Kier alpha value is -1.62. The number of carboxylic acids is 1. The van der Waals surface area contributed by atoms with Crippen LogP contribution in [0.5, 0.6) is 5.75 Å². The molecule has 1 saturated heterocycles. The molecule has 2 N–H and O–H groups in total. The van der Waals surface area contributed by atoms with E-state index in [1.807, 2.05) is 11.8 Å². The van der Waals surface area contributed by atoms with Crippen LogP contribution in [0.25, 0.3) is 0 Å². The van der Waals surface area contributed by atoms with Crippen molar-refractivity contribution in [3.8, 4) is 5.75 Å². The number of hydrogen-bond acceptors (Lipinski definition) is 3. The molecule has 1 fully saturated rings. The molecule has 1 aromatic rings. The van der Waals surface area contributed by atoms with Crippen LogP contribution in [0.2, 0.25) is 0 Å². The summed E-state index contributed by atoms with van der Waals surface area (Å²) in [6, 6.07) is 3.09. The number of phenols is 1. The summed E-state index contributed by atoms with van der Waals surface area (Å²) in [7, 11) is 0. The monoisotopic (exact) mass is 281 g/mol. The van der Waals surface area contributed by atoms with E-state index < -0.39 is 17.8 Å². The average molecular weight is 281 g/mol. The fourth-order valence-corrected chi connectivity index (χ4v) is 2.91. The summed E-state index contributed by atoms with van der Waals surface area (Å²) in [6.45, 7) is 2.53. The molecule has 1 aliphatic heterocycles. The highest BCUT2D eigenvalue weighted by Gasteiger charge is 2.31. The van der Waals surface area contributed by atoms with Crippen molar-refractivity contribution in [1.82, 2.24) is 4.90 Å². The summed E-state index contributed by atoms with van der Waals surface area (Å²) in [4.78, 5) is 13.3. The van der Waals surface area contributed by atoms with Crippen molar-refractivity contribution in [1.29, 1.82) is 0 Å². The molecule has 0 bridgehead atoms. The van der Waals surface area contributed by atoms with Gasteiger partial charge in [-0.25, -0.2) is 4.39 Å². The molecular formula is C15H20FNO3. The molecule has 1 aliphatic rings. The summed E-state index contributed by atoms with van der Waals surface area (Å²) >= 11 is 0. The first-order valence-corrected chi connectivity index (χ1v) is 6.97. The number of nitrogens with zero attached hydrogens (tertiary/aromatic N) is 1. The van der Waals surface area contributed by atoms with E-state index in [9.17, 15) is 19.4 Å². The second-order valence-corrected chi connectivity index (χ2v) is 5.32. The Morgan fingerprint density at radius 3 is 2.80 bits per heavy atom. The lowest BCUT2D eigenvalue weighted by atomic mass is 10.0. The van der Waals surface area contributed by atoms with E-state index in [1.165, 1.54) is 12.1 Å². The number of carboxylic acid groups (broad SMARTS) is 1. The van der Waals surface area contributed by atoms with Gasteiger partial charge in [0.15, 0.2) is 0 Å². The number of aromatic hydroxyl groups is 1. The third kappa shape index (κ3) is 3.10. The molecule has 0 aromatic heterocycles. The minimum Gasteiger partial charge on any atom is -0.508 e. The van der Waals surface area contributed by atoms with Gasteiger partial charge < -0.3 is 10.2 Å². The molecule has 0 saturated carbocycles. The summed E-state index contributed by atoms with van der Waals surface area (Å²) < 4.78 is 13.1. The molecular weight excluding hydrogens is 261 g/mol. The van der Waals surface area contributed by atoms with E-state index in [1.54, 1.807) is 0 Å². The largest absolute Gasteiger partial charge is 0.508 e. The Bertz CT molecular complexity index is 492. The lowest BCUT2D eigenvalue weighted by molar-refractivity contribution is -0.144. The predicted molar refractivity (Wildman–Crippen MR) is 73.1 cm³/mol. The molecule has 0 radical (unpaired) electrons. The van der Waals surface area contributed by atoms with Gasteiger partial charge in [-0.3, -0.25) is 9.69 Å². The fraction of sp³-hybridized carbons (Fsp3) is 0.533. The third-order valence-corrected chi connectivity index (χ3v) is 4.02. The van der Waals surface area contributed by atoms with Crippen molar-refractivity contribution in [3.05, 3.63) is 29.6 Å². The number of benzene rings is 1. The highest BCUT2D eigenvalue weighted by atomic mass is 19.1. The van der Waals surface area contributed by atoms with Crippen LogP contribution in [0.4, 0.5) is 4.39 Å². The number of likely N-dealkylation sites (tertiary alicyclic amines) is 1. The maximum Gasteiger partial charge on any atom is 0.320 e. The first kappa shape index (κ1) is 14.8. The average Bonchev–Trinajstić information content (AvgIpc) is 2.63. The molecule has 2 rings (SSSR count). The number of halogens is 1. The van der Waals surface area contributed by atoms with Crippen LogP contribution in [0.15, 0.2) is 18.2 Å². The van der Waals surface area contributed by atoms with Gasteiger partial charge in [0.1, 0.15) is 17.6 Å². The maximum atomic E-state index is 13.1. The van der Waals surface area contributed by atoms with Gasteiger partial charge >= 0.3 is 5.97 Å². The number of phenolic OH excluding ortho intramolecular Hbond substituents is 1. The van der Waals surface area contributed by atoms with Crippen LogP contribution in [0, 0.1) is 5.82 Å². The normalized spacial score (nSPS) is 22.2. The van der Waals surface area contributed by atoms with E-state index in [0.717, 1.165) is 25.3 Å². The van der Waals surface area contributed by atoms with Crippen molar-refractivity contribution >= 4 is 5.97 Å². The zero-order valence-electron chi connectivity index (χ0n) is 11.6. The third-order valence-electron chi connectivity index (χ3n) is 4.02. The van der Waals surface area contributed by atoms with Gasteiger partial charge in [0.05, 0.1) is 0 Å². The number of aliphatic carboxylic acids is 1. The molecule has 110 valence electrons. The lowest BCUT2D eigenvalue weighted by Crippen LogP contribution is -2.42. The predicted octanol–water partition coefficient (Wildman–Crippen LogP) is 2.92. The van der Waals surface area contributed by atoms with E-state index in [0.29, 0.717) is 18.5 Å². The van der Waals surface area contributed by atoms with Crippen LogP contribution in [0.1, 0.15) is 44.2 Å². The fourth-order valence-electron chi connectivity index (χ4n) is 2.91. The van der Waals surface area contributed by atoms with Gasteiger partial charge in [-0.1, -0.05) is 18.9 Å². The molecule has 1 heterocycles. The van der Waals surface area contributed by atoms with E-state index in [4.69, 9.17) is 0 Å². The van der Waals surface area contributed by atoms with Gasteiger partial charge in [-0.15, -0.1) is 0 Å². The van der Waals surface area contributed by atoms with Crippen molar-refractivity contribution in [2.24, 2.45) is 0 Å². The van der Waals surface area contributed by atoms with Gasteiger partial charge in [0.25, 0.3) is 0 Å². The van der Waals surface area contributed by atoms with Gasteiger partial charge in [-0.2, -0.15) is 0 Å². The Balaban J connectivity index is 2.28. The zero-order valence-corrected chi connectivity index (χ0v) is 11.6. The van der Waals surface area contributed by atoms with Crippen LogP contribution in [-0.2, 0) is 4.79 Å². The molecule has 4 nitrogen and oxygen atoms in total. The van der Waals surface area contributed by atoms with Crippen LogP contribution in [0.3, 0.4) is 0 Å². The zero-order chi connectivity index (χ0) is 14.7. The summed E-state index contributed by atoms with van der Waals surface area (Å²) in [5.41, 5.74) is 0.569. The molecule has 2 unspecified atom stereocenters. The van der Waals surface area contributed by atoms with Crippen molar-refractivity contribution < 1.29 is 19.4 Å². The first-order valence-electron chi connectivity index (χ1n) is 6.97. The van der Waals surface area contributed by atoms with Gasteiger partial charge in [0.2, 0.25) is 0 Å². The smallest absolute Gasteiger partial charge is 0.320 e. The van der Waals surface area contributed by atoms with E-state index >= 15 is 0 Å². The number of carbonyl (C=O) groups is 1. The quantitative estimate of drug-likeness (QED) is 0.894. The Kier molecular flexibility index (Phi) is 4.60.